The Balaban J connectivity index is 0.00000289. The molecule has 0 aromatic heterocycles. The second-order valence-corrected chi connectivity index (χ2v) is 3.89. The van der Waals surface area contributed by atoms with Gasteiger partial charge in [-0.05, 0) is 12.8 Å². The normalized spacial score (nSPS) is 16.5. The zero-order chi connectivity index (χ0) is 12.7. The van der Waals surface area contributed by atoms with Gasteiger partial charge in [0, 0.05) is 20.1 Å². The third-order valence-electron chi connectivity index (χ3n) is 2.89. The minimum absolute atomic E-state index is 0. The van der Waals surface area contributed by atoms with Gasteiger partial charge in [0.1, 0.15) is 0 Å². The molecule has 5 nitrogen and oxygen atoms in total. The summed E-state index contributed by atoms with van der Waals surface area (Å²) in [5.74, 6) is 3.21. The zero-order valence-corrected chi connectivity index (χ0v) is 13.1. The van der Waals surface area contributed by atoms with Crippen LogP contribution in [0.15, 0.2) is 4.99 Å². The van der Waals surface area contributed by atoms with E-state index in [0.29, 0.717) is 6.54 Å². The number of nitrogens with zero attached hydrogens (tertiary/aromatic N) is 2. The third-order valence-corrected chi connectivity index (χ3v) is 2.89. The number of ether oxygens (including phenoxy) is 1. The van der Waals surface area contributed by atoms with E-state index in [4.69, 9.17) is 11.2 Å². The number of aliphatic imine (C=N–C) groups is 1. The number of likely N-dealkylation sites (tertiary alicyclic amines) is 1. The van der Waals surface area contributed by atoms with E-state index >= 15 is 0 Å². The van der Waals surface area contributed by atoms with Crippen LogP contribution in [0.4, 0.5) is 0 Å². The van der Waals surface area contributed by atoms with E-state index in [2.05, 4.69) is 21.1 Å². The van der Waals surface area contributed by atoms with E-state index in [1.165, 1.54) is 7.11 Å². The largest absolute Gasteiger partial charge is 0.469 e. The molecule has 6 heteroatoms. The first kappa shape index (κ1) is 17.0. The van der Waals surface area contributed by atoms with Crippen LogP contribution in [0.5, 0.6) is 0 Å². The fourth-order valence-electron chi connectivity index (χ4n) is 1.96. The second kappa shape index (κ2) is 9.03. The summed E-state index contributed by atoms with van der Waals surface area (Å²) in [6.45, 7) is 2.05. The molecule has 0 unspecified atom stereocenters. The number of guanidine groups is 1. The molecule has 0 bridgehead atoms. The Bertz CT molecular complexity index is 331. The quantitative estimate of drug-likeness (QED) is 0.257. The Kier molecular flexibility index (Phi) is 8.54. The van der Waals surface area contributed by atoms with Gasteiger partial charge in [0.25, 0.3) is 0 Å². The van der Waals surface area contributed by atoms with Crippen molar-refractivity contribution in [1.29, 1.82) is 0 Å². The van der Waals surface area contributed by atoms with Gasteiger partial charge in [-0.15, -0.1) is 30.4 Å². The maximum Gasteiger partial charge on any atom is 0.308 e. The van der Waals surface area contributed by atoms with Crippen LogP contribution in [0.25, 0.3) is 0 Å². The molecule has 1 N–H and O–H groups in total. The summed E-state index contributed by atoms with van der Waals surface area (Å²) in [6.07, 6.45) is 6.78. The van der Waals surface area contributed by atoms with Gasteiger partial charge in [0.2, 0.25) is 0 Å². The molecule has 0 atom stereocenters. The van der Waals surface area contributed by atoms with E-state index in [-0.39, 0.29) is 35.9 Å². The van der Waals surface area contributed by atoms with Gasteiger partial charge in [0.05, 0.1) is 19.6 Å². The molecule has 0 amide bonds. The summed E-state index contributed by atoms with van der Waals surface area (Å²) in [6, 6.07) is 0. The predicted molar refractivity (Wildman–Crippen MR) is 81.9 cm³/mol. The first-order chi connectivity index (χ1) is 8.22. The monoisotopic (exact) mass is 365 g/mol. The molecule has 0 spiro atoms. The van der Waals surface area contributed by atoms with Crippen molar-refractivity contribution in [1.82, 2.24) is 10.2 Å². The average Bonchev–Trinajstić information content (AvgIpc) is 2.39. The highest BCUT2D eigenvalue weighted by atomic mass is 127. The van der Waals surface area contributed by atoms with Crippen molar-refractivity contribution in [2.75, 3.05) is 33.8 Å². The maximum absolute atomic E-state index is 11.4. The molecule has 0 aromatic rings. The van der Waals surface area contributed by atoms with Crippen LogP contribution < -0.4 is 5.32 Å². The van der Waals surface area contributed by atoms with Crippen LogP contribution in [0.1, 0.15) is 12.8 Å². The van der Waals surface area contributed by atoms with E-state index in [1.54, 1.807) is 7.05 Å². The second-order valence-electron chi connectivity index (χ2n) is 3.89. The molecule has 1 aliphatic heterocycles. The van der Waals surface area contributed by atoms with E-state index in [1.807, 2.05) is 0 Å². The molecule has 1 aliphatic rings. The molecule has 102 valence electrons. The fraction of sp³-hybridized carbons (Fsp3) is 0.667. The van der Waals surface area contributed by atoms with Gasteiger partial charge in [-0.2, -0.15) is 0 Å². The number of rotatable bonds is 2. The van der Waals surface area contributed by atoms with Gasteiger partial charge in [0.15, 0.2) is 5.96 Å². The minimum Gasteiger partial charge on any atom is -0.469 e. The lowest BCUT2D eigenvalue weighted by Crippen LogP contribution is -2.46. The number of carbonyl (C=O) groups is 1. The highest BCUT2D eigenvalue weighted by Crippen LogP contribution is 2.18. The lowest BCUT2D eigenvalue weighted by Gasteiger charge is -2.32. The summed E-state index contributed by atoms with van der Waals surface area (Å²) in [5.41, 5.74) is 0. The maximum atomic E-state index is 11.4. The van der Waals surface area contributed by atoms with Gasteiger partial charge < -0.3 is 15.0 Å². The van der Waals surface area contributed by atoms with Crippen molar-refractivity contribution in [2.45, 2.75) is 12.8 Å². The summed E-state index contributed by atoms with van der Waals surface area (Å²) >= 11 is 0. The number of methoxy groups -OCH3 is 1. The number of halogens is 1. The molecule has 0 aromatic carbocycles. The average molecular weight is 365 g/mol. The van der Waals surface area contributed by atoms with Crippen molar-refractivity contribution in [3.63, 3.8) is 0 Å². The molecule has 18 heavy (non-hydrogen) atoms. The fourth-order valence-corrected chi connectivity index (χ4v) is 1.96. The van der Waals surface area contributed by atoms with Crippen LogP contribution >= 0.6 is 24.0 Å². The van der Waals surface area contributed by atoms with Crippen LogP contribution in [0.2, 0.25) is 0 Å². The number of hydrogen-bond acceptors (Lipinski definition) is 3. The third kappa shape index (κ3) is 4.72. The Morgan fingerprint density at radius 2 is 2.17 bits per heavy atom. The van der Waals surface area contributed by atoms with Crippen molar-refractivity contribution in [3.05, 3.63) is 0 Å². The number of piperidine rings is 1. The zero-order valence-electron chi connectivity index (χ0n) is 10.8. The molecular formula is C12H20IN3O2. The van der Waals surface area contributed by atoms with Gasteiger partial charge in [-0.1, -0.05) is 5.92 Å². The van der Waals surface area contributed by atoms with Crippen molar-refractivity contribution < 1.29 is 9.53 Å². The van der Waals surface area contributed by atoms with Crippen molar-refractivity contribution in [2.24, 2.45) is 10.9 Å². The Morgan fingerprint density at radius 3 is 2.61 bits per heavy atom. The molecule has 1 rings (SSSR count). The predicted octanol–water partition coefficient (Wildman–Crippen LogP) is 0.698. The number of hydrogen-bond donors (Lipinski definition) is 1. The van der Waals surface area contributed by atoms with Gasteiger partial charge >= 0.3 is 5.97 Å². The molecule has 1 saturated heterocycles. The number of carbonyl (C=O) groups excluding carboxylic acids is 1. The summed E-state index contributed by atoms with van der Waals surface area (Å²) in [4.78, 5) is 17.6. The lowest BCUT2D eigenvalue weighted by atomic mass is 9.97. The van der Waals surface area contributed by atoms with Crippen molar-refractivity contribution in [3.8, 4) is 12.3 Å². The first-order valence-corrected chi connectivity index (χ1v) is 5.69. The van der Waals surface area contributed by atoms with Crippen LogP contribution in [0, 0.1) is 18.3 Å². The Hall–Kier alpha value is -0.970. The minimum atomic E-state index is -0.115. The first-order valence-electron chi connectivity index (χ1n) is 5.69. The Labute approximate surface area is 125 Å². The number of esters is 1. The molecule has 1 fully saturated rings. The van der Waals surface area contributed by atoms with Crippen LogP contribution in [-0.4, -0.2) is 50.6 Å². The number of terminal acetylenes is 1. The highest BCUT2D eigenvalue weighted by molar-refractivity contribution is 14.0. The number of nitrogens with one attached hydrogen (secondary N) is 1. The van der Waals surface area contributed by atoms with Crippen LogP contribution in [-0.2, 0) is 9.53 Å². The molecule has 0 radical (unpaired) electrons. The Morgan fingerprint density at radius 1 is 1.56 bits per heavy atom. The molecular weight excluding hydrogens is 345 g/mol. The highest BCUT2D eigenvalue weighted by Gasteiger charge is 2.26. The van der Waals surface area contributed by atoms with E-state index < -0.39 is 0 Å². The standard InChI is InChI=1S/C12H19N3O2.HI/c1-4-7-14-12(13-2)15-8-5-10(6-9-15)11(16)17-3;/h1,10H,5-9H2,2-3H3,(H,13,14);1H. The summed E-state index contributed by atoms with van der Waals surface area (Å²) in [5, 5.41) is 3.07. The lowest BCUT2D eigenvalue weighted by molar-refractivity contribution is -0.146. The smallest absolute Gasteiger partial charge is 0.308 e. The SMILES string of the molecule is C#CCNC(=NC)N1CCC(C(=O)OC)CC1.I. The van der Waals surface area contributed by atoms with Gasteiger partial charge in [-0.3, -0.25) is 9.79 Å². The molecule has 0 aliphatic carbocycles. The van der Waals surface area contributed by atoms with Crippen molar-refractivity contribution >= 4 is 35.9 Å². The summed E-state index contributed by atoms with van der Waals surface area (Å²) < 4.78 is 4.75. The summed E-state index contributed by atoms with van der Waals surface area (Å²) in [7, 11) is 3.16. The van der Waals surface area contributed by atoms with Gasteiger partial charge in [-0.25, -0.2) is 0 Å². The topological polar surface area (TPSA) is 53.9 Å². The molecule has 1 heterocycles. The van der Waals surface area contributed by atoms with E-state index in [9.17, 15) is 4.79 Å². The van der Waals surface area contributed by atoms with Crippen LogP contribution in [0.3, 0.4) is 0 Å². The molecule has 0 saturated carbocycles. The van der Waals surface area contributed by atoms with E-state index in [0.717, 1.165) is 31.9 Å².